The summed E-state index contributed by atoms with van der Waals surface area (Å²) >= 11 is 0. The number of fused-ring (bicyclic) bond motifs is 1. The lowest BCUT2D eigenvalue weighted by Crippen LogP contribution is -2.50. The number of carbonyl (C=O) groups is 2. The molecule has 1 fully saturated rings. The highest BCUT2D eigenvalue weighted by atomic mass is 32.2. The number of nitrogens with zero attached hydrogens (tertiary/aromatic N) is 3. The zero-order chi connectivity index (χ0) is 26.5. The van der Waals surface area contributed by atoms with Crippen molar-refractivity contribution in [3.05, 3.63) is 23.8 Å². The molecule has 12 heteroatoms. The molecule has 3 atom stereocenters. The molecule has 3 rings (SSSR count). The summed E-state index contributed by atoms with van der Waals surface area (Å²) in [6.45, 7) is 7.34. The summed E-state index contributed by atoms with van der Waals surface area (Å²) in [5.41, 5.74) is 0.716. The number of hydrogen-bond acceptors (Lipinski definition) is 8. The monoisotopic (exact) mass is 526 g/mol. The Bertz CT molecular complexity index is 1030. The van der Waals surface area contributed by atoms with E-state index in [4.69, 9.17) is 9.47 Å². The van der Waals surface area contributed by atoms with Gasteiger partial charge < -0.3 is 24.8 Å². The van der Waals surface area contributed by atoms with Crippen molar-refractivity contribution >= 4 is 27.5 Å². The van der Waals surface area contributed by atoms with Crippen LogP contribution in [-0.2, 0) is 19.6 Å². The number of benzene rings is 1. The van der Waals surface area contributed by atoms with Crippen LogP contribution in [0.4, 0.5) is 5.69 Å². The number of hydrogen-bond donors (Lipinski definition) is 2. The molecular weight excluding hydrogens is 488 g/mol. The van der Waals surface area contributed by atoms with Gasteiger partial charge in [0.05, 0.1) is 44.2 Å². The first kappa shape index (κ1) is 28.3. The fraction of sp³-hybridized carbons (Fsp3) is 0.667. The van der Waals surface area contributed by atoms with Gasteiger partial charge in [0.25, 0.3) is 5.91 Å². The lowest BCUT2D eigenvalue weighted by Gasteiger charge is -2.38. The molecule has 2 N–H and O–H groups in total. The van der Waals surface area contributed by atoms with Crippen molar-refractivity contribution < 1.29 is 32.6 Å². The molecule has 1 saturated heterocycles. The topological polar surface area (TPSA) is 129 Å². The normalized spacial score (nSPS) is 22.4. The quantitative estimate of drug-likeness (QED) is 0.475. The third kappa shape index (κ3) is 7.39. The van der Waals surface area contributed by atoms with E-state index >= 15 is 0 Å². The van der Waals surface area contributed by atoms with Crippen LogP contribution in [0.3, 0.4) is 0 Å². The first-order chi connectivity index (χ1) is 17.0. The third-order valence-electron chi connectivity index (χ3n) is 6.71. The van der Waals surface area contributed by atoms with Gasteiger partial charge >= 0.3 is 0 Å². The van der Waals surface area contributed by atoms with Gasteiger partial charge in [-0.05, 0) is 25.1 Å². The number of aliphatic hydroxyl groups is 1. The van der Waals surface area contributed by atoms with Crippen molar-refractivity contribution in [2.45, 2.75) is 32.4 Å². The average molecular weight is 527 g/mol. The Morgan fingerprint density at radius 3 is 2.64 bits per heavy atom. The number of likely N-dealkylation sites (N-methyl/N-ethyl adjacent to an activating group) is 1. The van der Waals surface area contributed by atoms with E-state index in [9.17, 15) is 23.1 Å². The van der Waals surface area contributed by atoms with Crippen LogP contribution in [0.5, 0.6) is 5.75 Å². The first-order valence-corrected chi connectivity index (χ1v) is 14.1. The minimum Gasteiger partial charge on any atom is -0.488 e. The lowest BCUT2D eigenvalue weighted by molar-refractivity contribution is -0.116. The van der Waals surface area contributed by atoms with Crippen LogP contribution in [0.25, 0.3) is 0 Å². The Labute approximate surface area is 213 Å². The number of nitrogens with one attached hydrogen (secondary N) is 1. The van der Waals surface area contributed by atoms with E-state index in [0.717, 1.165) is 19.3 Å². The lowest BCUT2D eigenvalue weighted by atomic mass is 9.99. The predicted molar refractivity (Wildman–Crippen MR) is 136 cm³/mol. The number of morpholine rings is 1. The number of aliphatic hydroxyl groups excluding tert-OH is 1. The molecular formula is C24H38N4O7S. The molecule has 2 amide bonds. The van der Waals surface area contributed by atoms with Crippen LogP contribution < -0.4 is 10.1 Å². The van der Waals surface area contributed by atoms with Gasteiger partial charge in [-0.25, -0.2) is 12.7 Å². The van der Waals surface area contributed by atoms with Crippen LogP contribution in [0.15, 0.2) is 18.2 Å². The van der Waals surface area contributed by atoms with E-state index in [0.29, 0.717) is 37.6 Å². The van der Waals surface area contributed by atoms with Crippen molar-refractivity contribution in [3.63, 3.8) is 0 Å². The Morgan fingerprint density at radius 1 is 1.31 bits per heavy atom. The van der Waals surface area contributed by atoms with E-state index < -0.39 is 22.2 Å². The van der Waals surface area contributed by atoms with Crippen molar-refractivity contribution in [1.82, 2.24) is 14.1 Å². The summed E-state index contributed by atoms with van der Waals surface area (Å²) in [4.78, 5) is 29.8. The molecule has 1 aromatic carbocycles. The van der Waals surface area contributed by atoms with E-state index in [1.807, 2.05) is 6.92 Å². The molecule has 0 aromatic heterocycles. The van der Waals surface area contributed by atoms with Crippen LogP contribution >= 0.6 is 0 Å². The Hall–Kier alpha value is -2.25. The number of carbonyl (C=O) groups excluding carboxylic acids is 2. The molecule has 0 saturated carbocycles. The van der Waals surface area contributed by atoms with Gasteiger partial charge in [0.2, 0.25) is 15.9 Å². The van der Waals surface area contributed by atoms with Gasteiger partial charge in [-0.2, -0.15) is 0 Å². The van der Waals surface area contributed by atoms with Crippen molar-refractivity contribution in [3.8, 4) is 5.75 Å². The van der Waals surface area contributed by atoms with E-state index in [2.05, 4.69) is 10.2 Å². The summed E-state index contributed by atoms with van der Waals surface area (Å²) in [7, 11) is -1.94. The Balaban J connectivity index is 1.82. The van der Waals surface area contributed by atoms with Gasteiger partial charge in [0, 0.05) is 51.3 Å². The van der Waals surface area contributed by atoms with Crippen LogP contribution in [0.1, 0.15) is 30.6 Å². The molecule has 36 heavy (non-hydrogen) atoms. The van der Waals surface area contributed by atoms with E-state index in [1.165, 1.54) is 11.4 Å². The zero-order valence-electron chi connectivity index (χ0n) is 21.5. The standard InChI is InChI=1S/C24H38N4O7S/c1-17-14-28(18(2)16-29)24(31)20-13-19(25-23(30)7-8-27-9-11-34-12-10-27)5-6-21(20)35-22(17)15-26(3)36(4,32)33/h5-6,13,17-18,22,29H,7-12,14-16H2,1-4H3,(H,25,30)/t17-,18-,22+/m0/s1. The number of sulfonamides is 1. The molecule has 202 valence electrons. The smallest absolute Gasteiger partial charge is 0.258 e. The van der Waals surface area contributed by atoms with Crippen LogP contribution in [-0.4, -0.2) is 117 Å². The molecule has 0 aliphatic carbocycles. The molecule has 2 aliphatic rings. The molecule has 2 aliphatic heterocycles. The number of amides is 2. The maximum absolute atomic E-state index is 13.5. The van der Waals surface area contributed by atoms with Gasteiger partial charge in [-0.1, -0.05) is 6.92 Å². The van der Waals surface area contributed by atoms with Crippen molar-refractivity contribution in [2.24, 2.45) is 5.92 Å². The summed E-state index contributed by atoms with van der Waals surface area (Å²) < 4.78 is 36.8. The van der Waals surface area contributed by atoms with Gasteiger partial charge in [0.1, 0.15) is 11.9 Å². The third-order valence-corrected chi connectivity index (χ3v) is 7.99. The molecule has 11 nitrogen and oxygen atoms in total. The van der Waals surface area contributed by atoms with Gasteiger partial charge in [-0.15, -0.1) is 0 Å². The summed E-state index contributed by atoms with van der Waals surface area (Å²) in [6, 6.07) is 4.42. The Kier molecular flexibility index (Phi) is 9.70. The van der Waals surface area contributed by atoms with Crippen molar-refractivity contribution in [2.75, 3.05) is 71.2 Å². The second kappa shape index (κ2) is 12.3. The number of rotatable bonds is 9. The van der Waals surface area contributed by atoms with Crippen LogP contribution in [0, 0.1) is 5.92 Å². The fourth-order valence-electron chi connectivity index (χ4n) is 4.21. The second-order valence-electron chi connectivity index (χ2n) is 9.63. The summed E-state index contributed by atoms with van der Waals surface area (Å²) in [6.07, 6.45) is 0.915. The first-order valence-electron chi connectivity index (χ1n) is 12.2. The number of anilines is 1. The predicted octanol–water partition coefficient (Wildman–Crippen LogP) is 0.459. The van der Waals surface area contributed by atoms with Crippen molar-refractivity contribution in [1.29, 1.82) is 0 Å². The number of ether oxygens (including phenoxy) is 2. The fourth-order valence-corrected chi connectivity index (χ4v) is 4.63. The highest BCUT2D eigenvalue weighted by molar-refractivity contribution is 7.88. The Morgan fingerprint density at radius 2 is 2.00 bits per heavy atom. The minimum absolute atomic E-state index is 0.106. The molecule has 0 radical (unpaired) electrons. The zero-order valence-corrected chi connectivity index (χ0v) is 22.3. The van der Waals surface area contributed by atoms with Crippen LogP contribution in [0.2, 0.25) is 0 Å². The maximum atomic E-state index is 13.5. The van der Waals surface area contributed by atoms with E-state index in [-0.39, 0.29) is 43.0 Å². The SMILES string of the molecule is C[C@H]1CN([C@@H](C)CO)C(=O)c2cc(NC(=O)CCN3CCOCC3)ccc2O[C@@H]1CN(C)S(C)(=O)=O. The molecule has 0 spiro atoms. The highest BCUT2D eigenvalue weighted by Gasteiger charge is 2.34. The molecule has 2 heterocycles. The van der Waals surface area contributed by atoms with Gasteiger partial charge in [-0.3, -0.25) is 14.5 Å². The van der Waals surface area contributed by atoms with E-state index in [1.54, 1.807) is 30.0 Å². The van der Waals surface area contributed by atoms with Gasteiger partial charge in [0.15, 0.2) is 0 Å². The molecule has 0 bridgehead atoms. The minimum atomic E-state index is -3.43. The maximum Gasteiger partial charge on any atom is 0.258 e. The largest absolute Gasteiger partial charge is 0.488 e. The summed E-state index contributed by atoms with van der Waals surface area (Å²) in [5, 5.41) is 12.6. The molecule has 1 aromatic rings. The summed E-state index contributed by atoms with van der Waals surface area (Å²) in [5.74, 6) is -0.389. The molecule has 0 unspecified atom stereocenters. The second-order valence-corrected chi connectivity index (χ2v) is 11.7. The average Bonchev–Trinajstić information content (AvgIpc) is 2.84. The highest BCUT2D eigenvalue weighted by Crippen LogP contribution is 2.31.